The summed E-state index contributed by atoms with van der Waals surface area (Å²) in [6, 6.07) is 0. The van der Waals surface area contributed by atoms with Crippen LogP contribution < -0.4 is 5.32 Å². The Bertz CT molecular complexity index is 561. The molecule has 0 aliphatic heterocycles. The molecular weight excluding hydrogens is 244 g/mol. The second kappa shape index (κ2) is 4.34. The van der Waals surface area contributed by atoms with Crippen molar-refractivity contribution in [3.8, 4) is 0 Å². The van der Waals surface area contributed by atoms with Crippen LogP contribution in [0, 0.1) is 6.92 Å². The van der Waals surface area contributed by atoms with Crippen LogP contribution in [0.4, 0.5) is 5.00 Å². The number of imidazole rings is 1. The molecule has 0 atom stereocenters. The van der Waals surface area contributed by atoms with E-state index in [4.69, 9.17) is 5.11 Å². The first-order chi connectivity index (χ1) is 8.09. The van der Waals surface area contributed by atoms with Crippen molar-refractivity contribution in [1.29, 1.82) is 0 Å². The van der Waals surface area contributed by atoms with Gasteiger partial charge in [-0.25, -0.2) is 9.78 Å². The number of hydrogen-bond donors (Lipinski definition) is 3. The van der Waals surface area contributed by atoms with Crippen LogP contribution in [0.1, 0.15) is 26.5 Å². The zero-order chi connectivity index (χ0) is 12.4. The second-order valence-corrected chi connectivity index (χ2v) is 3.97. The molecule has 2 heterocycles. The second-order valence-electron chi connectivity index (χ2n) is 3.20. The molecule has 2 aromatic heterocycles. The summed E-state index contributed by atoms with van der Waals surface area (Å²) >= 11 is 0.933. The largest absolute Gasteiger partial charge is 0.478 e. The van der Waals surface area contributed by atoms with Gasteiger partial charge in [-0.1, -0.05) is 0 Å². The summed E-state index contributed by atoms with van der Waals surface area (Å²) in [4.78, 5) is 29.0. The van der Waals surface area contributed by atoms with Crippen LogP contribution in [-0.2, 0) is 0 Å². The molecule has 0 radical (unpaired) electrons. The smallest absolute Gasteiger partial charge is 0.340 e. The molecule has 7 nitrogen and oxygen atoms in total. The molecule has 8 heteroatoms. The van der Waals surface area contributed by atoms with Crippen LogP contribution in [0.15, 0.2) is 12.5 Å². The minimum absolute atomic E-state index is 0.0165. The topological polar surface area (TPSA) is 108 Å². The third-order valence-corrected chi connectivity index (χ3v) is 2.90. The minimum atomic E-state index is -1.11. The monoisotopic (exact) mass is 252 g/mol. The average Bonchev–Trinajstić information content (AvgIpc) is 2.87. The van der Waals surface area contributed by atoms with Crippen molar-refractivity contribution in [1.82, 2.24) is 14.3 Å². The van der Waals surface area contributed by atoms with Gasteiger partial charge in [0.15, 0.2) is 0 Å². The summed E-state index contributed by atoms with van der Waals surface area (Å²) in [5.41, 5.74) is 0.651. The quantitative estimate of drug-likeness (QED) is 0.758. The first-order valence-corrected chi connectivity index (χ1v) is 5.36. The third-order valence-electron chi connectivity index (χ3n) is 2.05. The van der Waals surface area contributed by atoms with E-state index in [1.165, 1.54) is 12.5 Å². The fourth-order valence-corrected chi connectivity index (χ4v) is 2.04. The highest BCUT2D eigenvalue weighted by Gasteiger charge is 2.19. The van der Waals surface area contributed by atoms with Crippen molar-refractivity contribution in [2.75, 3.05) is 5.32 Å². The van der Waals surface area contributed by atoms with Crippen molar-refractivity contribution < 1.29 is 14.7 Å². The number of carboxylic acid groups (broad SMARTS) is 1. The summed E-state index contributed by atoms with van der Waals surface area (Å²) in [5, 5.41) is 11.7. The van der Waals surface area contributed by atoms with Gasteiger partial charge < -0.3 is 15.4 Å². The molecule has 0 fully saturated rings. The van der Waals surface area contributed by atoms with Crippen LogP contribution in [0.25, 0.3) is 0 Å². The van der Waals surface area contributed by atoms with Gasteiger partial charge in [-0.2, -0.15) is 4.37 Å². The molecule has 0 aliphatic carbocycles. The fraction of sp³-hybridized carbons (Fsp3) is 0.111. The standard InChI is InChI=1S/C9H8N4O3S/c1-4-6(9(15)16)8(17-13-4)12-7(14)5-2-10-3-11-5/h2-3H,1H3,(H,10,11)(H,12,14)(H,15,16). The van der Waals surface area contributed by atoms with Crippen LogP contribution >= 0.6 is 11.5 Å². The zero-order valence-electron chi connectivity index (χ0n) is 8.72. The summed E-state index contributed by atoms with van der Waals surface area (Å²) in [6.07, 6.45) is 2.72. The van der Waals surface area contributed by atoms with Gasteiger partial charge in [-0.05, 0) is 18.5 Å². The predicted molar refractivity (Wildman–Crippen MR) is 60.4 cm³/mol. The predicted octanol–water partition coefficient (Wildman–Crippen LogP) is 1.13. The summed E-state index contributed by atoms with van der Waals surface area (Å²) in [5.74, 6) is -1.56. The van der Waals surface area contributed by atoms with Crippen molar-refractivity contribution >= 4 is 28.4 Å². The van der Waals surface area contributed by atoms with Gasteiger partial charge in [0.1, 0.15) is 16.3 Å². The first kappa shape index (κ1) is 11.3. The maximum atomic E-state index is 11.7. The van der Waals surface area contributed by atoms with Gasteiger partial charge in [0.25, 0.3) is 5.91 Å². The van der Waals surface area contributed by atoms with E-state index < -0.39 is 11.9 Å². The molecule has 17 heavy (non-hydrogen) atoms. The number of carbonyl (C=O) groups excluding carboxylic acids is 1. The molecule has 0 saturated carbocycles. The maximum absolute atomic E-state index is 11.7. The number of anilines is 1. The lowest BCUT2D eigenvalue weighted by Crippen LogP contribution is -2.13. The summed E-state index contributed by atoms with van der Waals surface area (Å²) < 4.78 is 3.89. The Morgan fingerprint density at radius 2 is 2.29 bits per heavy atom. The maximum Gasteiger partial charge on any atom is 0.340 e. The number of nitrogens with zero attached hydrogens (tertiary/aromatic N) is 2. The van der Waals surface area contributed by atoms with Crippen molar-refractivity contribution in [3.05, 3.63) is 29.5 Å². The lowest BCUT2D eigenvalue weighted by atomic mass is 10.2. The molecule has 1 amide bonds. The van der Waals surface area contributed by atoms with Crippen LogP contribution in [-0.4, -0.2) is 31.3 Å². The Morgan fingerprint density at radius 1 is 1.53 bits per heavy atom. The van der Waals surface area contributed by atoms with Gasteiger partial charge in [0.05, 0.1) is 18.2 Å². The number of aromatic amines is 1. The highest BCUT2D eigenvalue weighted by atomic mass is 32.1. The molecule has 0 aromatic carbocycles. The van der Waals surface area contributed by atoms with Gasteiger partial charge in [-0.3, -0.25) is 4.79 Å². The van der Waals surface area contributed by atoms with E-state index in [9.17, 15) is 9.59 Å². The number of H-pyrrole nitrogens is 1. The number of aromatic nitrogens is 3. The molecule has 0 bridgehead atoms. The molecule has 0 spiro atoms. The molecule has 2 rings (SSSR count). The highest BCUT2D eigenvalue weighted by Crippen LogP contribution is 2.24. The zero-order valence-corrected chi connectivity index (χ0v) is 9.54. The van der Waals surface area contributed by atoms with Crippen molar-refractivity contribution in [2.45, 2.75) is 6.92 Å². The average molecular weight is 252 g/mol. The van der Waals surface area contributed by atoms with Crippen LogP contribution in [0.2, 0.25) is 0 Å². The van der Waals surface area contributed by atoms with E-state index in [-0.39, 0.29) is 16.3 Å². The van der Waals surface area contributed by atoms with Gasteiger partial charge in [-0.15, -0.1) is 0 Å². The van der Waals surface area contributed by atoms with Crippen molar-refractivity contribution in [2.24, 2.45) is 0 Å². The molecule has 0 unspecified atom stereocenters. The lowest BCUT2D eigenvalue weighted by molar-refractivity contribution is 0.0697. The number of aryl methyl sites for hydroxylation is 1. The Hall–Kier alpha value is -2.22. The molecule has 0 aliphatic rings. The first-order valence-electron chi connectivity index (χ1n) is 4.59. The molecular formula is C9H8N4O3S. The number of hydrogen-bond acceptors (Lipinski definition) is 5. The van der Waals surface area contributed by atoms with Crippen LogP contribution in [0.3, 0.4) is 0 Å². The molecule has 2 aromatic rings. The minimum Gasteiger partial charge on any atom is -0.478 e. The Kier molecular flexibility index (Phi) is 2.88. The Labute approximate surface area is 99.7 Å². The van der Waals surface area contributed by atoms with E-state index in [0.29, 0.717) is 5.69 Å². The number of nitrogens with one attached hydrogen (secondary N) is 2. The van der Waals surface area contributed by atoms with Gasteiger partial charge >= 0.3 is 5.97 Å². The van der Waals surface area contributed by atoms with Gasteiger partial charge in [0.2, 0.25) is 0 Å². The summed E-state index contributed by atoms with van der Waals surface area (Å²) in [7, 11) is 0. The Balaban J connectivity index is 2.25. The van der Waals surface area contributed by atoms with E-state index in [2.05, 4.69) is 19.7 Å². The van der Waals surface area contributed by atoms with E-state index in [0.717, 1.165) is 11.5 Å². The molecule has 3 N–H and O–H groups in total. The molecule has 88 valence electrons. The van der Waals surface area contributed by atoms with Crippen molar-refractivity contribution in [3.63, 3.8) is 0 Å². The normalized spacial score (nSPS) is 10.2. The SMILES string of the molecule is Cc1nsc(NC(=O)c2cnc[nH]2)c1C(=O)O. The highest BCUT2D eigenvalue weighted by molar-refractivity contribution is 7.11. The lowest BCUT2D eigenvalue weighted by Gasteiger charge is -2.01. The third kappa shape index (κ3) is 2.16. The van der Waals surface area contributed by atoms with E-state index in [1.54, 1.807) is 6.92 Å². The molecule has 0 saturated heterocycles. The number of carbonyl (C=O) groups is 2. The Morgan fingerprint density at radius 3 is 2.88 bits per heavy atom. The van der Waals surface area contributed by atoms with E-state index >= 15 is 0 Å². The van der Waals surface area contributed by atoms with Crippen LogP contribution in [0.5, 0.6) is 0 Å². The number of rotatable bonds is 3. The number of aromatic carboxylic acids is 1. The van der Waals surface area contributed by atoms with Gasteiger partial charge in [0, 0.05) is 0 Å². The van der Waals surface area contributed by atoms with E-state index in [1.807, 2.05) is 0 Å². The number of carboxylic acids is 1. The fourth-order valence-electron chi connectivity index (χ4n) is 1.26. The number of amides is 1. The summed E-state index contributed by atoms with van der Waals surface area (Å²) in [6.45, 7) is 1.58.